The molecule has 0 radical (unpaired) electrons. The Kier molecular flexibility index (Phi) is 8.87. The molecule has 11 aromatic carbocycles. The maximum absolute atomic E-state index is 2.49. The Balaban J connectivity index is 0.986. The SMILES string of the molecule is CC1(C)c2ccccc2-c2ccc(N(c3ccc(-n4c5ccccc5c5ccccc54)cc3)c3cccc(C4(c5ccccc5)c5ccccc5C5(c6ccccc6)c6ccccc6-c6cccc4c65)c3)cc21. The van der Waals surface area contributed by atoms with Gasteiger partial charge in [-0.2, -0.15) is 0 Å². The number of fused-ring (bicyclic) bond motifs is 11. The quantitative estimate of drug-likeness (QED) is 0.155. The van der Waals surface area contributed by atoms with Crippen LogP contribution >= 0.6 is 0 Å². The van der Waals surface area contributed by atoms with Gasteiger partial charge in [0.15, 0.2) is 0 Å². The standard InChI is InChI=1S/C71H50N2/c1-69(2)60-32-13-9-27-54(60)56-44-43-53(46-65(56)69)72(50-39-41-51(42-40-50)73-66-37-17-11-29-57(66)58-30-12-18-38-67(58)73)52-26-19-25-49(45-52)70(47-21-5-3-6-22-47)62-34-15-16-35-63(62)71(48-23-7-4-8-24-48)61-33-14-10-28-55(61)59-31-20-36-64(70)68(59)71/h3-46H,1-2H3. The van der Waals surface area contributed by atoms with Crippen molar-refractivity contribution in [2.45, 2.75) is 30.1 Å². The first-order valence-corrected chi connectivity index (χ1v) is 25.7. The molecule has 1 aromatic heterocycles. The van der Waals surface area contributed by atoms with Crippen LogP contribution in [0.15, 0.2) is 267 Å². The summed E-state index contributed by atoms with van der Waals surface area (Å²) in [6, 6.07) is 100. The number of rotatable bonds is 7. The third-order valence-corrected chi connectivity index (χ3v) is 16.9. The summed E-state index contributed by atoms with van der Waals surface area (Å²) in [7, 11) is 0. The number of para-hydroxylation sites is 2. The minimum Gasteiger partial charge on any atom is -0.310 e. The zero-order valence-corrected chi connectivity index (χ0v) is 40.8. The first kappa shape index (κ1) is 41.8. The van der Waals surface area contributed by atoms with Crippen LogP contribution in [0.1, 0.15) is 69.5 Å². The highest BCUT2D eigenvalue weighted by atomic mass is 15.1. The fraction of sp³-hybridized carbons (Fsp3) is 0.0704. The van der Waals surface area contributed by atoms with Gasteiger partial charge in [-0.1, -0.05) is 220 Å². The topological polar surface area (TPSA) is 8.17 Å². The zero-order valence-electron chi connectivity index (χ0n) is 40.8. The molecule has 344 valence electrons. The highest BCUT2D eigenvalue weighted by Gasteiger charge is 2.57. The van der Waals surface area contributed by atoms with Gasteiger partial charge in [0.25, 0.3) is 0 Å². The minimum atomic E-state index is -0.687. The molecule has 0 aliphatic heterocycles. The van der Waals surface area contributed by atoms with Crippen molar-refractivity contribution in [3.8, 4) is 27.9 Å². The Labute approximate surface area is 426 Å². The van der Waals surface area contributed by atoms with Crippen LogP contribution in [-0.2, 0) is 16.2 Å². The fourth-order valence-corrected chi connectivity index (χ4v) is 14.0. The Morgan fingerprint density at radius 3 is 1.45 bits per heavy atom. The van der Waals surface area contributed by atoms with E-state index >= 15 is 0 Å². The lowest BCUT2D eigenvalue weighted by Gasteiger charge is -2.49. The van der Waals surface area contributed by atoms with Crippen molar-refractivity contribution in [2.24, 2.45) is 0 Å². The predicted molar refractivity (Wildman–Crippen MR) is 302 cm³/mol. The molecule has 0 amide bonds. The zero-order chi connectivity index (χ0) is 48.5. The summed E-state index contributed by atoms with van der Waals surface area (Å²) >= 11 is 0. The summed E-state index contributed by atoms with van der Waals surface area (Å²) in [6.07, 6.45) is 0. The van der Waals surface area contributed by atoms with Gasteiger partial charge in [0.2, 0.25) is 0 Å². The second kappa shape index (κ2) is 15.5. The Morgan fingerprint density at radius 1 is 0.301 bits per heavy atom. The van der Waals surface area contributed by atoms with Crippen molar-refractivity contribution in [1.29, 1.82) is 0 Å². The maximum Gasteiger partial charge on any atom is 0.0720 e. The average Bonchev–Trinajstić information content (AvgIpc) is 4.06. The van der Waals surface area contributed by atoms with E-state index in [1.165, 1.54) is 99.7 Å². The van der Waals surface area contributed by atoms with Gasteiger partial charge in [0.1, 0.15) is 0 Å². The molecule has 0 fully saturated rings. The Morgan fingerprint density at radius 2 is 0.767 bits per heavy atom. The molecule has 0 bridgehead atoms. The molecule has 3 aliphatic carbocycles. The summed E-state index contributed by atoms with van der Waals surface area (Å²) in [5, 5.41) is 2.51. The van der Waals surface area contributed by atoms with E-state index in [-0.39, 0.29) is 5.41 Å². The average molecular weight is 931 g/mol. The van der Waals surface area contributed by atoms with E-state index < -0.39 is 10.8 Å². The molecule has 0 N–H and O–H groups in total. The molecule has 2 nitrogen and oxygen atoms in total. The van der Waals surface area contributed by atoms with Crippen LogP contribution in [0.25, 0.3) is 49.7 Å². The molecule has 2 heteroatoms. The Hall–Kier alpha value is -8.98. The molecule has 73 heavy (non-hydrogen) atoms. The van der Waals surface area contributed by atoms with Crippen molar-refractivity contribution in [3.05, 3.63) is 323 Å². The van der Waals surface area contributed by atoms with E-state index in [9.17, 15) is 0 Å². The molecular weight excluding hydrogens is 881 g/mol. The summed E-state index contributed by atoms with van der Waals surface area (Å²) in [5.74, 6) is 0. The van der Waals surface area contributed by atoms with Crippen molar-refractivity contribution in [2.75, 3.05) is 4.90 Å². The Bertz CT molecular complexity index is 4130. The summed E-state index contributed by atoms with van der Waals surface area (Å²) < 4.78 is 2.41. The number of hydrogen-bond donors (Lipinski definition) is 0. The van der Waals surface area contributed by atoms with Crippen molar-refractivity contribution in [3.63, 3.8) is 0 Å². The lowest BCUT2D eigenvalue weighted by molar-refractivity contribution is 0.627. The molecule has 15 rings (SSSR count). The van der Waals surface area contributed by atoms with Crippen molar-refractivity contribution >= 4 is 38.9 Å². The molecule has 2 atom stereocenters. The van der Waals surface area contributed by atoms with Crippen LogP contribution in [0, 0.1) is 0 Å². The summed E-state index contributed by atoms with van der Waals surface area (Å²) in [4.78, 5) is 2.49. The molecule has 0 spiro atoms. The van der Waals surface area contributed by atoms with Crippen LogP contribution in [0.4, 0.5) is 17.1 Å². The number of anilines is 3. The number of aromatic nitrogens is 1. The smallest absolute Gasteiger partial charge is 0.0720 e. The fourth-order valence-electron chi connectivity index (χ4n) is 14.0. The van der Waals surface area contributed by atoms with Crippen molar-refractivity contribution in [1.82, 2.24) is 4.57 Å². The van der Waals surface area contributed by atoms with Gasteiger partial charge in [-0.05, 0) is 139 Å². The predicted octanol–water partition coefficient (Wildman–Crippen LogP) is 17.6. The van der Waals surface area contributed by atoms with Gasteiger partial charge in [-0.25, -0.2) is 0 Å². The normalized spacial score (nSPS) is 17.4. The van der Waals surface area contributed by atoms with Gasteiger partial charge >= 0.3 is 0 Å². The van der Waals surface area contributed by atoms with Gasteiger partial charge < -0.3 is 9.47 Å². The number of nitrogens with zero attached hydrogens (tertiary/aromatic N) is 2. The largest absolute Gasteiger partial charge is 0.310 e. The third kappa shape index (κ3) is 5.58. The third-order valence-electron chi connectivity index (χ3n) is 16.9. The lowest BCUT2D eigenvalue weighted by Crippen LogP contribution is -2.44. The minimum absolute atomic E-state index is 0.171. The monoisotopic (exact) mass is 930 g/mol. The van der Waals surface area contributed by atoms with Gasteiger partial charge in [0, 0.05) is 38.9 Å². The van der Waals surface area contributed by atoms with Crippen molar-refractivity contribution < 1.29 is 0 Å². The molecular formula is C71H50N2. The highest BCUT2D eigenvalue weighted by Crippen LogP contribution is 2.66. The molecule has 1 heterocycles. The number of hydrogen-bond acceptors (Lipinski definition) is 1. The van der Waals surface area contributed by atoms with Gasteiger partial charge in [-0.15, -0.1) is 0 Å². The van der Waals surface area contributed by atoms with E-state index in [2.05, 4.69) is 290 Å². The van der Waals surface area contributed by atoms with E-state index in [1.807, 2.05) is 0 Å². The summed E-state index contributed by atoms with van der Waals surface area (Å²) in [5.41, 5.74) is 23.8. The highest BCUT2D eigenvalue weighted by molar-refractivity contribution is 6.09. The van der Waals surface area contributed by atoms with Crippen LogP contribution in [0.5, 0.6) is 0 Å². The first-order valence-electron chi connectivity index (χ1n) is 25.7. The van der Waals surface area contributed by atoms with Crippen LogP contribution < -0.4 is 4.90 Å². The second-order valence-electron chi connectivity index (χ2n) is 20.7. The van der Waals surface area contributed by atoms with E-state index in [1.54, 1.807) is 0 Å². The van der Waals surface area contributed by atoms with Gasteiger partial charge in [-0.3, -0.25) is 0 Å². The molecule has 12 aromatic rings. The van der Waals surface area contributed by atoms with Crippen LogP contribution in [-0.4, -0.2) is 4.57 Å². The van der Waals surface area contributed by atoms with E-state index in [4.69, 9.17) is 0 Å². The molecule has 0 saturated heterocycles. The maximum atomic E-state index is 2.49. The molecule has 3 aliphatic rings. The van der Waals surface area contributed by atoms with E-state index in [0.717, 1.165) is 22.7 Å². The van der Waals surface area contributed by atoms with E-state index in [0.29, 0.717) is 0 Å². The molecule has 2 unspecified atom stereocenters. The first-order chi connectivity index (χ1) is 36.0. The van der Waals surface area contributed by atoms with Crippen LogP contribution in [0.2, 0.25) is 0 Å². The number of benzene rings is 11. The lowest BCUT2D eigenvalue weighted by atomic mass is 9.51. The molecule has 0 saturated carbocycles. The van der Waals surface area contributed by atoms with Gasteiger partial charge in [0.05, 0.1) is 21.9 Å². The second-order valence-corrected chi connectivity index (χ2v) is 20.7. The van der Waals surface area contributed by atoms with Crippen LogP contribution in [0.3, 0.4) is 0 Å². The summed E-state index contributed by atoms with van der Waals surface area (Å²) in [6.45, 7) is 4.76.